The quantitative estimate of drug-likeness (QED) is 0.536. The van der Waals surface area contributed by atoms with Gasteiger partial charge in [-0.05, 0) is 49.2 Å². The van der Waals surface area contributed by atoms with Crippen molar-refractivity contribution >= 4 is 34.1 Å². The summed E-state index contributed by atoms with van der Waals surface area (Å²) in [4.78, 5) is 18.2. The highest BCUT2D eigenvalue weighted by Gasteiger charge is 2.11. The summed E-state index contributed by atoms with van der Waals surface area (Å²) in [5.74, 6) is -0.128. The van der Waals surface area contributed by atoms with Crippen molar-refractivity contribution in [3.05, 3.63) is 64.5 Å². The molecule has 0 saturated heterocycles. The molecule has 0 saturated carbocycles. The summed E-state index contributed by atoms with van der Waals surface area (Å²) in [5.41, 5.74) is 5.11. The van der Waals surface area contributed by atoms with E-state index in [-0.39, 0.29) is 5.91 Å². The minimum absolute atomic E-state index is 0.128. The van der Waals surface area contributed by atoms with Gasteiger partial charge in [-0.25, -0.2) is 4.98 Å². The molecule has 0 atom stereocenters. The molecule has 3 aromatic rings. The second-order valence-corrected chi connectivity index (χ2v) is 8.99. The summed E-state index contributed by atoms with van der Waals surface area (Å²) >= 11 is 3.19. The van der Waals surface area contributed by atoms with Gasteiger partial charge in [0.2, 0.25) is 0 Å². The van der Waals surface area contributed by atoms with Crippen LogP contribution in [0.3, 0.4) is 0 Å². The molecule has 2 aromatic carbocycles. The fourth-order valence-corrected chi connectivity index (χ4v) is 4.13. The molecule has 0 fully saturated rings. The van der Waals surface area contributed by atoms with Gasteiger partial charge in [-0.3, -0.25) is 10.1 Å². The molecule has 0 bridgehead atoms. The van der Waals surface area contributed by atoms with Gasteiger partial charge >= 0.3 is 0 Å². The number of amides is 1. The monoisotopic (exact) mass is 382 g/mol. The molecule has 1 amide bonds. The van der Waals surface area contributed by atoms with E-state index in [4.69, 9.17) is 0 Å². The summed E-state index contributed by atoms with van der Waals surface area (Å²) < 4.78 is 0. The van der Waals surface area contributed by atoms with Gasteiger partial charge < -0.3 is 0 Å². The molecular formula is C21H22N2OS2. The number of carbonyl (C=O) groups excluding carboxylic acids is 1. The average Bonchev–Trinajstić information content (AvgIpc) is 3.05. The number of aromatic nitrogens is 1. The maximum atomic E-state index is 12.5. The Labute approximate surface area is 162 Å². The van der Waals surface area contributed by atoms with Gasteiger partial charge in [0, 0.05) is 26.7 Å². The first kappa shape index (κ1) is 18.7. The topological polar surface area (TPSA) is 42.0 Å². The van der Waals surface area contributed by atoms with Gasteiger partial charge in [0.15, 0.2) is 5.13 Å². The maximum Gasteiger partial charge on any atom is 0.257 e. The predicted octanol–water partition coefficient (Wildman–Crippen LogP) is 6.18. The van der Waals surface area contributed by atoms with Crippen molar-refractivity contribution in [3.63, 3.8) is 0 Å². The smallest absolute Gasteiger partial charge is 0.257 e. The van der Waals surface area contributed by atoms with E-state index in [2.05, 4.69) is 56.2 Å². The van der Waals surface area contributed by atoms with Crippen LogP contribution in [0.4, 0.5) is 5.13 Å². The highest BCUT2D eigenvalue weighted by atomic mass is 32.2. The van der Waals surface area contributed by atoms with Gasteiger partial charge in [-0.2, -0.15) is 0 Å². The second-order valence-electron chi connectivity index (χ2n) is 6.49. The van der Waals surface area contributed by atoms with Gasteiger partial charge in [0.1, 0.15) is 0 Å². The third-order valence-electron chi connectivity index (χ3n) is 4.00. The molecule has 0 unspecified atom stereocenters. The number of thioether (sulfide) groups is 1. The molecule has 134 valence electrons. The van der Waals surface area contributed by atoms with Gasteiger partial charge in [-0.1, -0.05) is 32.0 Å². The average molecular weight is 383 g/mol. The number of thiazole rings is 1. The fraction of sp³-hybridized carbons (Fsp3) is 0.238. The number of carbonyl (C=O) groups is 1. The third-order valence-corrected chi connectivity index (χ3v) is 5.75. The van der Waals surface area contributed by atoms with E-state index >= 15 is 0 Å². The molecule has 3 nitrogen and oxygen atoms in total. The van der Waals surface area contributed by atoms with Crippen molar-refractivity contribution in [2.24, 2.45) is 0 Å². The Balaban J connectivity index is 1.74. The first-order chi connectivity index (χ1) is 12.4. The Morgan fingerprint density at radius 3 is 2.65 bits per heavy atom. The maximum absolute atomic E-state index is 12.5. The number of anilines is 1. The molecule has 3 rings (SSSR count). The second kappa shape index (κ2) is 8.06. The minimum Gasteiger partial charge on any atom is -0.298 e. The van der Waals surface area contributed by atoms with Crippen molar-refractivity contribution in [1.82, 2.24) is 4.98 Å². The number of aryl methyl sites for hydroxylation is 2. The van der Waals surface area contributed by atoms with E-state index in [1.54, 1.807) is 11.8 Å². The summed E-state index contributed by atoms with van der Waals surface area (Å²) in [6, 6.07) is 14.0. The molecule has 5 heteroatoms. The van der Waals surface area contributed by atoms with Crippen LogP contribution in [0.2, 0.25) is 0 Å². The van der Waals surface area contributed by atoms with Crippen molar-refractivity contribution < 1.29 is 4.79 Å². The molecule has 1 N–H and O–H groups in total. The Hall–Kier alpha value is -2.11. The van der Waals surface area contributed by atoms with Gasteiger partial charge in [-0.15, -0.1) is 23.1 Å². The van der Waals surface area contributed by atoms with Crippen LogP contribution in [0.1, 0.15) is 35.3 Å². The van der Waals surface area contributed by atoms with Crippen LogP contribution >= 0.6 is 23.1 Å². The highest BCUT2D eigenvalue weighted by Crippen LogP contribution is 2.27. The van der Waals surface area contributed by atoms with Crippen molar-refractivity contribution in [1.29, 1.82) is 0 Å². The number of nitrogens with one attached hydrogen (secondary N) is 1. The molecule has 0 radical (unpaired) electrons. The third kappa shape index (κ3) is 4.54. The lowest BCUT2D eigenvalue weighted by Crippen LogP contribution is -2.11. The lowest BCUT2D eigenvalue weighted by atomic mass is 10.1. The Bertz CT molecular complexity index is 931. The van der Waals surface area contributed by atoms with Crippen LogP contribution in [0.5, 0.6) is 0 Å². The summed E-state index contributed by atoms with van der Waals surface area (Å²) in [6.07, 6.45) is 0. The van der Waals surface area contributed by atoms with Crippen molar-refractivity contribution in [3.8, 4) is 11.3 Å². The van der Waals surface area contributed by atoms with E-state index in [1.165, 1.54) is 22.5 Å². The first-order valence-corrected chi connectivity index (χ1v) is 10.3. The number of hydrogen-bond acceptors (Lipinski definition) is 4. The predicted molar refractivity (Wildman–Crippen MR) is 112 cm³/mol. The van der Waals surface area contributed by atoms with E-state index in [1.807, 2.05) is 29.6 Å². The summed E-state index contributed by atoms with van der Waals surface area (Å²) in [6.45, 7) is 8.47. The van der Waals surface area contributed by atoms with Gasteiger partial charge in [0.25, 0.3) is 5.91 Å². The molecular weight excluding hydrogens is 360 g/mol. The fourth-order valence-electron chi connectivity index (χ4n) is 2.52. The normalized spacial score (nSPS) is 11.0. The molecule has 26 heavy (non-hydrogen) atoms. The SMILES string of the molecule is Cc1ccc(-c2csc(NC(=O)c3cccc(SC(C)C)c3)n2)cc1C. The Morgan fingerprint density at radius 2 is 1.92 bits per heavy atom. The standard InChI is InChI=1S/C21H22N2OS2/c1-13(2)26-18-7-5-6-17(11-18)20(24)23-21-22-19(12-25-21)16-9-8-14(3)15(4)10-16/h5-13H,1-4H3,(H,22,23,24). The van der Waals surface area contributed by atoms with E-state index in [0.717, 1.165) is 16.2 Å². The molecule has 0 aliphatic heterocycles. The van der Waals surface area contributed by atoms with Crippen LogP contribution < -0.4 is 5.32 Å². The van der Waals surface area contributed by atoms with Gasteiger partial charge in [0.05, 0.1) is 5.69 Å². The zero-order valence-corrected chi connectivity index (χ0v) is 17.0. The largest absolute Gasteiger partial charge is 0.298 e. The molecule has 0 aliphatic carbocycles. The molecule has 0 aliphatic rings. The van der Waals surface area contributed by atoms with Crippen molar-refractivity contribution in [2.75, 3.05) is 5.32 Å². The van der Waals surface area contributed by atoms with Crippen LogP contribution in [0, 0.1) is 13.8 Å². The van der Waals surface area contributed by atoms with Crippen LogP contribution in [0.15, 0.2) is 52.7 Å². The number of nitrogens with zero attached hydrogens (tertiary/aromatic N) is 1. The van der Waals surface area contributed by atoms with Crippen LogP contribution in [-0.2, 0) is 0 Å². The summed E-state index contributed by atoms with van der Waals surface area (Å²) in [7, 11) is 0. The van der Waals surface area contributed by atoms with E-state index in [0.29, 0.717) is 15.9 Å². The summed E-state index contributed by atoms with van der Waals surface area (Å²) in [5, 5.41) is 5.99. The van der Waals surface area contributed by atoms with E-state index < -0.39 is 0 Å². The van der Waals surface area contributed by atoms with Crippen LogP contribution in [0.25, 0.3) is 11.3 Å². The Morgan fingerprint density at radius 1 is 1.12 bits per heavy atom. The number of hydrogen-bond donors (Lipinski definition) is 1. The van der Waals surface area contributed by atoms with Crippen LogP contribution in [-0.4, -0.2) is 16.1 Å². The zero-order chi connectivity index (χ0) is 18.7. The highest BCUT2D eigenvalue weighted by molar-refractivity contribution is 7.99. The zero-order valence-electron chi connectivity index (χ0n) is 15.4. The van der Waals surface area contributed by atoms with Crippen molar-refractivity contribution in [2.45, 2.75) is 37.8 Å². The number of rotatable bonds is 5. The molecule has 1 heterocycles. The van der Waals surface area contributed by atoms with E-state index in [9.17, 15) is 4.79 Å². The number of benzene rings is 2. The minimum atomic E-state index is -0.128. The molecule has 1 aromatic heterocycles. The molecule has 0 spiro atoms. The first-order valence-electron chi connectivity index (χ1n) is 8.53. The lowest BCUT2D eigenvalue weighted by Gasteiger charge is -2.07. The Kier molecular flexibility index (Phi) is 5.79. The lowest BCUT2D eigenvalue weighted by molar-refractivity contribution is 0.102.